The summed E-state index contributed by atoms with van der Waals surface area (Å²) in [6.45, 7) is 14.6. The highest BCUT2D eigenvalue weighted by molar-refractivity contribution is 6.00. The molecule has 0 aliphatic heterocycles. The lowest BCUT2D eigenvalue weighted by Gasteiger charge is -2.43. The Kier molecular flexibility index (Phi) is 9.17. The maximum absolute atomic E-state index is 14.0. The van der Waals surface area contributed by atoms with Gasteiger partial charge in [-0.2, -0.15) is 0 Å². The van der Waals surface area contributed by atoms with Crippen LogP contribution >= 0.6 is 0 Å². The van der Waals surface area contributed by atoms with E-state index in [1.165, 1.54) is 0 Å². The number of nitrogens with zero attached hydrogens (tertiary/aromatic N) is 1. The molecule has 0 aromatic heterocycles. The Labute approximate surface area is 231 Å². The third kappa shape index (κ3) is 7.69. The van der Waals surface area contributed by atoms with Crippen LogP contribution in [0.2, 0.25) is 0 Å². The standard InChI is InChI=1S/C32H39N3O4/c1-8-22-13-12-16-25(19-22)28(29(37)34-26-18-17-23-14-10-11-15-24(23)20-26)35(32(6,7)9-2)27(36)21-33-30(38)39-31(3,4)5/h8,10-20,28H,1,9,21H2,2-7H3,(H,33,38)(H,34,37). The molecule has 7 heteroatoms. The maximum Gasteiger partial charge on any atom is 0.408 e. The van der Waals surface area contributed by atoms with Crippen molar-refractivity contribution in [2.24, 2.45) is 0 Å². The molecule has 0 heterocycles. The first kappa shape index (κ1) is 29.4. The smallest absolute Gasteiger partial charge is 0.408 e. The largest absolute Gasteiger partial charge is 0.444 e. The summed E-state index contributed by atoms with van der Waals surface area (Å²) in [5.74, 6) is -0.769. The third-order valence-electron chi connectivity index (χ3n) is 6.55. The minimum absolute atomic E-state index is 0.320. The van der Waals surface area contributed by atoms with Gasteiger partial charge in [0, 0.05) is 11.2 Å². The van der Waals surface area contributed by atoms with E-state index < -0.39 is 29.2 Å². The lowest BCUT2D eigenvalue weighted by atomic mass is 9.92. The van der Waals surface area contributed by atoms with E-state index in [2.05, 4.69) is 17.2 Å². The molecule has 0 aliphatic rings. The van der Waals surface area contributed by atoms with Gasteiger partial charge in [0.15, 0.2) is 0 Å². The molecule has 206 valence electrons. The van der Waals surface area contributed by atoms with Crippen LogP contribution in [0.1, 0.15) is 65.1 Å². The quantitative estimate of drug-likeness (QED) is 0.323. The van der Waals surface area contributed by atoms with Gasteiger partial charge < -0.3 is 20.3 Å². The second-order valence-corrected chi connectivity index (χ2v) is 11.1. The van der Waals surface area contributed by atoms with Crippen LogP contribution in [0.5, 0.6) is 0 Å². The number of hydrogen-bond donors (Lipinski definition) is 2. The zero-order valence-electron chi connectivity index (χ0n) is 23.7. The molecule has 0 saturated heterocycles. The molecule has 2 N–H and O–H groups in total. The van der Waals surface area contributed by atoms with Crippen molar-refractivity contribution < 1.29 is 19.1 Å². The van der Waals surface area contributed by atoms with Gasteiger partial charge in [0.2, 0.25) is 5.91 Å². The van der Waals surface area contributed by atoms with Crippen LogP contribution in [-0.2, 0) is 14.3 Å². The van der Waals surface area contributed by atoms with E-state index in [1.54, 1.807) is 31.7 Å². The zero-order chi connectivity index (χ0) is 28.8. The highest BCUT2D eigenvalue weighted by Gasteiger charge is 2.40. The van der Waals surface area contributed by atoms with Crippen LogP contribution in [0.3, 0.4) is 0 Å². The second kappa shape index (κ2) is 12.2. The Hall–Kier alpha value is -4.13. The summed E-state index contributed by atoms with van der Waals surface area (Å²) in [6, 6.07) is 20.0. The summed E-state index contributed by atoms with van der Waals surface area (Å²) in [6.07, 6.45) is 1.57. The SMILES string of the molecule is C=Cc1cccc(C(C(=O)Nc2ccc3ccccc3c2)N(C(=O)CNC(=O)OC(C)(C)C)C(C)(C)CC)c1. The summed E-state index contributed by atoms with van der Waals surface area (Å²) < 4.78 is 5.31. The monoisotopic (exact) mass is 529 g/mol. The molecule has 3 rings (SSSR count). The van der Waals surface area contributed by atoms with E-state index in [1.807, 2.05) is 87.5 Å². The average molecular weight is 530 g/mol. The normalized spacial score (nSPS) is 12.4. The Morgan fingerprint density at radius 1 is 0.949 bits per heavy atom. The number of rotatable bonds is 9. The summed E-state index contributed by atoms with van der Waals surface area (Å²) >= 11 is 0. The van der Waals surface area contributed by atoms with E-state index in [0.717, 1.165) is 16.3 Å². The summed E-state index contributed by atoms with van der Waals surface area (Å²) in [5.41, 5.74) is 0.658. The average Bonchev–Trinajstić information content (AvgIpc) is 2.89. The topological polar surface area (TPSA) is 87.7 Å². The molecule has 3 amide bonds. The molecule has 3 aromatic carbocycles. The summed E-state index contributed by atoms with van der Waals surface area (Å²) in [5, 5.41) is 7.63. The fourth-order valence-electron chi connectivity index (χ4n) is 4.30. The fraction of sp³-hybridized carbons (Fsp3) is 0.344. The maximum atomic E-state index is 14.0. The molecule has 7 nitrogen and oxygen atoms in total. The van der Waals surface area contributed by atoms with Crippen molar-refractivity contribution in [3.8, 4) is 0 Å². The number of nitrogens with one attached hydrogen (secondary N) is 2. The Morgan fingerprint density at radius 3 is 2.28 bits per heavy atom. The van der Waals surface area contributed by atoms with Crippen molar-refractivity contribution in [1.82, 2.24) is 10.2 Å². The number of fused-ring (bicyclic) bond motifs is 1. The molecule has 39 heavy (non-hydrogen) atoms. The molecule has 0 saturated carbocycles. The summed E-state index contributed by atoms with van der Waals surface area (Å²) in [7, 11) is 0. The molecule has 3 aromatic rings. The number of anilines is 1. The first-order valence-corrected chi connectivity index (χ1v) is 13.2. The van der Waals surface area contributed by atoms with Crippen molar-refractivity contribution >= 4 is 40.4 Å². The Bertz CT molecular complexity index is 1360. The number of alkyl carbamates (subject to hydrolysis) is 1. The van der Waals surface area contributed by atoms with Crippen LogP contribution in [0.15, 0.2) is 73.3 Å². The molecule has 0 aliphatic carbocycles. The van der Waals surface area contributed by atoms with E-state index in [9.17, 15) is 14.4 Å². The fourth-order valence-corrected chi connectivity index (χ4v) is 4.30. The highest BCUT2D eigenvalue weighted by atomic mass is 16.6. The first-order chi connectivity index (χ1) is 18.3. The van der Waals surface area contributed by atoms with Crippen molar-refractivity contribution in [3.63, 3.8) is 0 Å². The van der Waals surface area contributed by atoms with Crippen molar-refractivity contribution in [1.29, 1.82) is 0 Å². The summed E-state index contributed by atoms with van der Waals surface area (Å²) in [4.78, 5) is 41.7. The third-order valence-corrected chi connectivity index (χ3v) is 6.55. The van der Waals surface area contributed by atoms with E-state index in [0.29, 0.717) is 17.7 Å². The van der Waals surface area contributed by atoms with Gasteiger partial charge in [-0.15, -0.1) is 0 Å². The van der Waals surface area contributed by atoms with E-state index in [-0.39, 0.29) is 12.5 Å². The molecule has 0 radical (unpaired) electrons. The van der Waals surface area contributed by atoms with Gasteiger partial charge in [-0.25, -0.2) is 4.79 Å². The van der Waals surface area contributed by atoms with Crippen molar-refractivity contribution in [2.45, 2.75) is 65.1 Å². The van der Waals surface area contributed by atoms with Gasteiger partial charge in [-0.3, -0.25) is 9.59 Å². The molecule has 0 spiro atoms. The minimum atomic E-state index is -0.973. The van der Waals surface area contributed by atoms with Crippen LogP contribution in [0.4, 0.5) is 10.5 Å². The lowest BCUT2D eigenvalue weighted by molar-refractivity contribution is -0.145. The number of carbonyl (C=O) groups excluding carboxylic acids is 3. The van der Waals surface area contributed by atoms with Gasteiger partial charge in [0.25, 0.3) is 5.91 Å². The zero-order valence-corrected chi connectivity index (χ0v) is 23.7. The molecule has 0 bridgehead atoms. The predicted molar refractivity (Wildman–Crippen MR) is 157 cm³/mol. The Balaban J connectivity index is 2.01. The first-order valence-electron chi connectivity index (χ1n) is 13.2. The number of hydrogen-bond acceptors (Lipinski definition) is 4. The second-order valence-electron chi connectivity index (χ2n) is 11.1. The lowest BCUT2D eigenvalue weighted by Crippen LogP contribution is -2.55. The number of carbonyl (C=O) groups is 3. The highest BCUT2D eigenvalue weighted by Crippen LogP contribution is 2.33. The number of ether oxygens (including phenoxy) is 1. The van der Waals surface area contributed by atoms with E-state index >= 15 is 0 Å². The molecular weight excluding hydrogens is 490 g/mol. The van der Waals surface area contributed by atoms with Gasteiger partial charge in [0.05, 0.1) is 0 Å². The van der Waals surface area contributed by atoms with E-state index in [4.69, 9.17) is 4.74 Å². The van der Waals surface area contributed by atoms with Crippen LogP contribution in [-0.4, -0.2) is 40.5 Å². The van der Waals surface area contributed by atoms with Crippen LogP contribution in [0.25, 0.3) is 16.8 Å². The van der Waals surface area contributed by atoms with Crippen LogP contribution in [0, 0.1) is 0 Å². The molecule has 1 atom stereocenters. The van der Waals surface area contributed by atoms with Crippen molar-refractivity contribution in [3.05, 3.63) is 84.4 Å². The predicted octanol–water partition coefficient (Wildman–Crippen LogP) is 6.70. The van der Waals surface area contributed by atoms with Crippen LogP contribution < -0.4 is 10.6 Å². The van der Waals surface area contributed by atoms with Gasteiger partial charge in [-0.05, 0) is 81.1 Å². The van der Waals surface area contributed by atoms with Crippen molar-refractivity contribution in [2.75, 3.05) is 11.9 Å². The molecular formula is C32H39N3O4. The Morgan fingerprint density at radius 2 is 1.64 bits per heavy atom. The molecule has 0 fully saturated rings. The van der Waals surface area contributed by atoms with Gasteiger partial charge in [0.1, 0.15) is 18.2 Å². The molecule has 1 unspecified atom stereocenters. The minimum Gasteiger partial charge on any atom is -0.444 e. The number of amides is 3. The number of benzene rings is 3. The van der Waals surface area contributed by atoms with Gasteiger partial charge >= 0.3 is 6.09 Å². The van der Waals surface area contributed by atoms with Gasteiger partial charge in [-0.1, -0.05) is 68.1 Å².